The average Bonchev–Trinajstić information content (AvgIpc) is 3.10. The first-order chi connectivity index (χ1) is 13.7. The second-order valence-electron chi connectivity index (χ2n) is 7.56. The van der Waals surface area contributed by atoms with Gasteiger partial charge < -0.3 is 4.52 Å². The minimum atomic E-state index is -1.60. The van der Waals surface area contributed by atoms with Crippen molar-refractivity contribution < 1.29 is 17.5 Å². The number of benzene rings is 2. The van der Waals surface area contributed by atoms with Crippen molar-refractivity contribution >= 4 is 22.6 Å². The van der Waals surface area contributed by atoms with E-state index in [1.807, 2.05) is 12.1 Å². The van der Waals surface area contributed by atoms with Crippen LogP contribution in [0.25, 0.3) is 11.1 Å². The number of aromatic nitrogens is 1. The van der Waals surface area contributed by atoms with E-state index in [9.17, 15) is 13.0 Å². The number of rotatable bonds is 7. The van der Waals surface area contributed by atoms with Crippen LogP contribution in [0.2, 0.25) is 5.02 Å². The van der Waals surface area contributed by atoms with E-state index in [1.54, 1.807) is 26.0 Å². The minimum Gasteiger partial charge on any atom is -0.364 e. The molecule has 8 heteroatoms. The van der Waals surface area contributed by atoms with Crippen LogP contribution in [-0.4, -0.2) is 14.1 Å². The Morgan fingerprint density at radius 2 is 1.79 bits per heavy atom. The third kappa shape index (κ3) is 5.29. The second kappa shape index (κ2) is 8.73. The van der Waals surface area contributed by atoms with Gasteiger partial charge in [-0.1, -0.05) is 28.9 Å². The Morgan fingerprint density at radius 3 is 2.38 bits per heavy atom. The highest BCUT2D eigenvalue weighted by Crippen LogP contribution is 2.37. The van der Waals surface area contributed by atoms with E-state index in [0.717, 1.165) is 17.2 Å². The lowest BCUT2D eigenvalue weighted by Gasteiger charge is -2.27. The third-order valence-electron chi connectivity index (χ3n) is 4.83. The standard InChI is InChI=1S/C21H21ClF2N2O2S/c1-21(2,29(25)27)11-15(7-13-8-17(23)10-18(24)9-13)20-19(12-28-26-20)14-3-5-16(22)6-4-14/h3-6,8-10,12,15H,7,11,25H2,1-2H3/t15-,29?/m1/s1. The van der Waals surface area contributed by atoms with Crippen molar-refractivity contribution in [2.24, 2.45) is 5.14 Å². The van der Waals surface area contributed by atoms with Crippen molar-refractivity contribution in [1.82, 2.24) is 5.16 Å². The summed E-state index contributed by atoms with van der Waals surface area (Å²) in [6.45, 7) is 3.56. The maximum Gasteiger partial charge on any atom is 0.131 e. The smallest absolute Gasteiger partial charge is 0.131 e. The van der Waals surface area contributed by atoms with Gasteiger partial charge in [0.2, 0.25) is 0 Å². The van der Waals surface area contributed by atoms with Gasteiger partial charge in [-0.2, -0.15) is 0 Å². The van der Waals surface area contributed by atoms with Crippen molar-refractivity contribution in [1.29, 1.82) is 0 Å². The predicted octanol–water partition coefficient (Wildman–Crippen LogP) is 5.39. The summed E-state index contributed by atoms with van der Waals surface area (Å²) in [5.41, 5.74) is 2.65. The van der Waals surface area contributed by atoms with E-state index < -0.39 is 27.4 Å². The molecule has 0 aliphatic rings. The largest absolute Gasteiger partial charge is 0.364 e. The molecule has 0 spiro atoms. The zero-order valence-electron chi connectivity index (χ0n) is 16.0. The Balaban J connectivity index is 2.03. The van der Waals surface area contributed by atoms with Crippen molar-refractivity contribution in [3.63, 3.8) is 0 Å². The van der Waals surface area contributed by atoms with Crippen molar-refractivity contribution in [3.05, 3.63) is 76.6 Å². The van der Waals surface area contributed by atoms with Gasteiger partial charge in [-0.25, -0.2) is 13.0 Å². The van der Waals surface area contributed by atoms with Gasteiger partial charge in [0.05, 0.1) is 21.4 Å². The van der Waals surface area contributed by atoms with E-state index in [0.29, 0.717) is 22.7 Å². The summed E-state index contributed by atoms with van der Waals surface area (Å²) in [6.07, 6.45) is 2.17. The highest BCUT2D eigenvalue weighted by molar-refractivity contribution is 7.84. The first kappa shape index (κ1) is 21.6. The van der Waals surface area contributed by atoms with Crippen LogP contribution in [-0.2, 0) is 17.4 Å². The van der Waals surface area contributed by atoms with Crippen LogP contribution in [0.5, 0.6) is 0 Å². The van der Waals surface area contributed by atoms with Gasteiger partial charge in [0.1, 0.15) is 17.9 Å². The molecule has 4 nitrogen and oxygen atoms in total. The molecule has 0 amide bonds. The molecule has 2 aromatic carbocycles. The fourth-order valence-electron chi connectivity index (χ4n) is 3.34. The molecular weight excluding hydrogens is 418 g/mol. The number of hydrogen-bond donors (Lipinski definition) is 1. The van der Waals surface area contributed by atoms with E-state index in [4.69, 9.17) is 21.3 Å². The Labute approximate surface area is 175 Å². The fourth-order valence-corrected chi connectivity index (χ4v) is 3.83. The summed E-state index contributed by atoms with van der Waals surface area (Å²) < 4.78 is 44.0. The van der Waals surface area contributed by atoms with Crippen LogP contribution < -0.4 is 5.14 Å². The number of halogens is 3. The molecule has 29 heavy (non-hydrogen) atoms. The molecule has 0 saturated carbocycles. The molecule has 1 unspecified atom stereocenters. The Kier molecular flexibility index (Phi) is 6.51. The summed E-state index contributed by atoms with van der Waals surface area (Å²) in [7, 11) is -1.60. The Bertz CT molecular complexity index is 1000. The van der Waals surface area contributed by atoms with Gasteiger partial charge in [0.25, 0.3) is 0 Å². The van der Waals surface area contributed by atoms with Crippen LogP contribution in [0.1, 0.15) is 37.4 Å². The summed E-state index contributed by atoms with van der Waals surface area (Å²) in [4.78, 5) is 0. The van der Waals surface area contributed by atoms with E-state index in [1.165, 1.54) is 18.4 Å². The summed E-state index contributed by atoms with van der Waals surface area (Å²) >= 11 is 5.98. The van der Waals surface area contributed by atoms with Crippen LogP contribution in [0.4, 0.5) is 8.78 Å². The molecule has 1 aromatic heterocycles. The van der Waals surface area contributed by atoms with Crippen LogP contribution in [0.3, 0.4) is 0 Å². The van der Waals surface area contributed by atoms with Gasteiger partial charge in [-0.15, -0.1) is 0 Å². The van der Waals surface area contributed by atoms with Gasteiger partial charge in [0, 0.05) is 22.6 Å². The molecule has 1 heterocycles. The van der Waals surface area contributed by atoms with Gasteiger partial charge in [0.15, 0.2) is 0 Å². The zero-order chi connectivity index (χ0) is 21.2. The molecule has 154 valence electrons. The predicted molar refractivity (Wildman–Crippen MR) is 111 cm³/mol. The lowest BCUT2D eigenvalue weighted by molar-refractivity contribution is 0.396. The van der Waals surface area contributed by atoms with Gasteiger partial charge in [-0.3, -0.25) is 5.14 Å². The molecule has 0 aliphatic carbocycles. The minimum absolute atomic E-state index is 0.280. The highest BCUT2D eigenvalue weighted by atomic mass is 35.5. The summed E-state index contributed by atoms with van der Waals surface area (Å²) in [6, 6.07) is 10.6. The van der Waals surface area contributed by atoms with Crippen molar-refractivity contribution in [2.75, 3.05) is 0 Å². The molecule has 3 aromatic rings. The normalized spacial score (nSPS) is 14.0. The topological polar surface area (TPSA) is 69.1 Å². The molecule has 0 radical (unpaired) electrons. The first-order valence-corrected chi connectivity index (χ1v) is 10.6. The number of nitrogens with zero attached hydrogens (tertiary/aromatic N) is 1. The number of hydrogen-bond acceptors (Lipinski definition) is 3. The quantitative estimate of drug-likeness (QED) is 0.537. The lowest BCUT2D eigenvalue weighted by atomic mass is 9.85. The molecule has 2 N–H and O–H groups in total. The maximum absolute atomic E-state index is 13.7. The molecule has 0 aliphatic heterocycles. The third-order valence-corrected chi connectivity index (χ3v) is 6.33. The maximum atomic E-state index is 13.7. The van der Waals surface area contributed by atoms with Crippen LogP contribution >= 0.6 is 11.6 Å². The fraction of sp³-hybridized carbons (Fsp3) is 0.286. The molecular formula is C21H21ClF2N2O2S. The summed E-state index contributed by atoms with van der Waals surface area (Å²) in [5, 5.41) is 10.4. The monoisotopic (exact) mass is 438 g/mol. The molecule has 2 atom stereocenters. The average molecular weight is 439 g/mol. The van der Waals surface area contributed by atoms with E-state index in [-0.39, 0.29) is 12.3 Å². The SMILES string of the molecule is CC(C)(C[C@@H](Cc1cc(F)cc(F)c1)c1nocc1-c1ccc(Cl)cc1)S(N)=O. The van der Waals surface area contributed by atoms with Gasteiger partial charge >= 0.3 is 0 Å². The second-order valence-corrected chi connectivity index (χ2v) is 9.70. The lowest BCUT2D eigenvalue weighted by Crippen LogP contribution is -2.34. The summed E-state index contributed by atoms with van der Waals surface area (Å²) in [5.74, 6) is -1.64. The van der Waals surface area contributed by atoms with E-state index >= 15 is 0 Å². The van der Waals surface area contributed by atoms with Gasteiger partial charge in [-0.05, 0) is 62.1 Å². The van der Waals surface area contributed by atoms with Crippen molar-refractivity contribution in [2.45, 2.75) is 37.4 Å². The first-order valence-electron chi connectivity index (χ1n) is 8.97. The van der Waals surface area contributed by atoms with Crippen LogP contribution in [0.15, 0.2) is 53.3 Å². The number of nitrogens with two attached hydrogens (primary N) is 1. The Morgan fingerprint density at radius 1 is 1.17 bits per heavy atom. The Hall–Kier alpha value is -2.09. The van der Waals surface area contributed by atoms with E-state index in [2.05, 4.69) is 5.16 Å². The molecule has 0 fully saturated rings. The zero-order valence-corrected chi connectivity index (χ0v) is 17.6. The van der Waals surface area contributed by atoms with Crippen molar-refractivity contribution in [3.8, 4) is 11.1 Å². The highest BCUT2D eigenvalue weighted by Gasteiger charge is 2.32. The molecule has 0 bridgehead atoms. The van der Waals surface area contributed by atoms with Crippen LogP contribution in [0, 0.1) is 11.6 Å². The molecule has 3 rings (SSSR count). The molecule has 0 saturated heterocycles.